The summed E-state index contributed by atoms with van der Waals surface area (Å²) in [6.45, 7) is 0.382. The number of amides is 2. The summed E-state index contributed by atoms with van der Waals surface area (Å²) in [5, 5.41) is 2.82. The molecule has 0 aromatic heterocycles. The van der Waals surface area contributed by atoms with Gasteiger partial charge in [0.15, 0.2) is 11.5 Å². The lowest BCUT2D eigenvalue weighted by Gasteiger charge is -2.34. The molecule has 1 N–H and O–H groups in total. The van der Waals surface area contributed by atoms with E-state index in [9.17, 15) is 9.59 Å². The first-order chi connectivity index (χ1) is 14.0. The van der Waals surface area contributed by atoms with E-state index in [0.717, 1.165) is 11.3 Å². The predicted molar refractivity (Wildman–Crippen MR) is 106 cm³/mol. The van der Waals surface area contributed by atoms with Crippen LogP contribution in [0.15, 0.2) is 42.5 Å². The van der Waals surface area contributed by atoms with Crippen molar-refractivity contribution >= 4 is 17.5 Å². The number of morpholine rings is 1. The Bertz CT molecular complexity index is 868. The lowest BCUT2D eigenvalue weighted by Crippen LogP contribution is -2.54. The molecule has 8 heteroatoms. The quantitative estimate of drug-likeness (QED) is 0.766. The molecular formula is C21H24N2O6. The van der Waals surface area contributed by atoms with Gasteiger partial charge in [-0.25, -0.2) is 0 Å². The minimum absolute atomic E-state index is 0.0453. The number of nitrogens with one attached hydrogen (secondary N) is 1. The number of methoxy groups -OCH3 is 3. The normalized spacial score (nSPS) is 16.3. The fraction of sp³-hybridized carbons (Fsp3) is 0.333. The summed E-state index contributed by atoms with van der Waals surface area (Å²) >= 11 is 0. The van der Waals surface area contributed by atoms with Gasteiger partial charge in [0, 0.05) is 18.3 Å². The first-order valence-corrected chi connectivity index (χ1v) is 9.08. The summed E-state index contributed by atoms with van der Waals surface area (Å²) in [7, 11) is 4.65. The second kappa shape index (κ2) is 9.29. The maximum absolute atomic E-state index is 12.9. The number of hydrogen-bond acceptors (Lipinski definition) is 6. The number of rotatable bonds is 7. The Labute approximate surface area is 169 Å². The summed E-state index contributed by atoms with van der Waals surface area (Å²) in [6.07, 6.45) is 0. The fourth-order valence-corrected chi connectivity index (χ4v) is 3.09. The number of ether oxygens (including phenoxy) is 4. The molecule has 1 aliphatic heterocycles. The van der Waals surface area contributed by atoms with E-state index >= 15 is 0 Å². The van der Waals surface area contributed by atoms with Crippen molar-refractivity contribution in [2.75, 3.05) is 39.9 Å². The molecule has 2 aromatic carbocycles. The molecule has 0 aliphatic carbocycles. The maximum atomic E-state index is 12.9. The van der Waals surface area contributed by atoms with E-state index in [1.54, 1.807) is 25.3 Å². The van der Waals surface area contributed by atoms with E-state index in [2.05, 4.69) is 5.32 Å². The first-order valence-electron chi connectivity index (χ1n) is 9.08. The molecule has 8 nitrogen and oxygen atoms in total. The number of benzene rings is 2. The van der Waals surface area contributed by atoms with Crippen LogP contribution in [0, 0.1) is 0 Å². The lowest BCUT2D eigenvalue weighted by atomic mass is 10.1. The summed E-state index contributed by atoms with van der Waals surface area (Å²) in [4.78, 5) is 26.9. The number of hydrogen-bond donors (Lipinski definition) is 1. The summed E-state index contributed by atoms with van der Waals surface area (Å²) < 4.78 is 21.0. The van der Waals surface area contributed by atoms with Gasteiger partial charge in [0.2, 0.25) is 11.8 Å². The van der Waals surface area contributed by atoms with Crippen LogP contribution >= 0.6 is 0 Å². The molecule has 1 aliphatic rings. The zero-order chi connectivity index (χ0) is 20.8. The van der Waals surface area contributed by atoms with Crippen molar-refractivity contribution in [1.29, 1.82) is 0 Å². The van der Waals surface area contributed by atoms with E-state index in [0.29, 0.717) is 23.7 Å². The van der Waals surface area contributed by atoms with Gasteiger partial charge in [-0.05, 0) is 29.8 Å². The second-order valence-electron chi connectivity index (χ2n) is 6.46. The van der Waals surface area contributed by atoms with Crippen molar-refractivity contribution in [3.8, 4) is 17.2 Å². The zero-order valence-corrected chi connectivity index (χ0v) is 16.6. The summed E-state index contributed by atoms with van der Waals surface area (Å²) in [5.74, 6) is 1.21. The molecule has 1 fully saturated rings. The molecule has 1 heterocycles. The van der Waals surface area contributed by atoms with Crippen molar-refractivity contribution in [3.63, 3.8) is 0 Å². The van der Waals surface area contributed by atoms with Gasteiger partial charge in [0.1, 0.15) is 18.4 Å². The standard InChI is InChI=1S/C21H24N2O6/c1-26-16-7-4-14(5-8-16)11-23-17(12-29-13-20(23)24)21(25)22-15-6-9-18(27-2)19(10-15)28-3/h4-10,17H,11-13H2,1-3H3,(H,22,25). The molecule has 3 rings (SSSR count). The molecule has 1 atom stereocenters. The van der Waals surface area contributed by atoms with Crippen LogP contribution in [-0.4, -0.2) is 57.3 Å². The smallest absolute Gasteiger partial charge is 0.249 e. The van der Waals surface area contributed by atoms with Gasteiger partial charge in [-0.2, -0.15) is 0 Å². The molecule has 0 radical (unpaired) electrons. The number of carbonyl (C=O) groups is 2. The third kappa shape index (κ3) is 4.78. The molecule has 154 valence electrons. The van der Waals surface area contributed by atoms with E-state index < -0.39 is 6.04 Å². The Kier molecular flexibility index (Phi) is 6.56. The van der Waals surface area contributed by atoms with E-state index in [1.807, 2.05) is 24.3 Å². The Hall–Kier alpha value is -3.26. The van der Waals surface area contributed by atoms with E-state index in [1.165, 1.54) is 19.1 Å². The van der Waals surface area contributed by atoms with Gasteiger partial charge in [0.05, 0.1) is 27.9 Å². The van der Waals surface area contributed by atoms with Crippen LogP contribution in [0.3, 0.4) is 0 Å². The Morgan fingerprint density at radius 2 is 1.79 bits per heavy atom. The minimum Gasteiger partial charge on any atom is -0.497 e. The van der Waals surface area contributed by atoms with Crippen molar-refractivity contribution in [1.82, 2.24) is 4.90 Å². The highest BCUT2D eigenvalue weighted by Gasteiger charge is 2.34. The lowest BCUT2D eigenvalue weighted by molar-refractivity contribution is -0.154. The molecule has 0 spiro atoms. The third-order valence-corrected chi connectivity index (χ3v) is 4.66. The SMILES string of the molecule is COc1ccc(CN2C(=O)COCC2C(=O)Nc2ccc(OC)c(OC)c2)cc1. The molecule has 0 saturated carbocycles. The molecular weight excluding hydrogens is 376 g/mol. The van der Waals surface area contributed by atoms with E-state index in [4.69, 9.17) is 18.9 Å². The molecule has 1 unspecified atom stereocenters. The summed E-state index contributed by atoms with van der Waals surface area (Å²) in [6, 6.07) is 11.7. The van der Waals surface area contributed by atoms with Crippen LogP contribution in [0.2, 0.25) is 0 Å². The van der Waals surface area contributed by atoms with Crippen molar-refractivity contribution in [3.05, 3.63) is 48.0 Å². The zero-order valence-electron chi connectivity index (χ0n) is 16.6. The van der Waals surface area contributed by atoms with Gasteiger partial charge in [-0.1, -0.05) is 12.1 Å². The molecule has 0 bridgehead atoms. The van der Waals surface area contributed by atoms with Crippen LogP contribution in [0.1, 0.15) is 5.56 Å². The molecule has 2 amide bonds. The first kappa shape index (κ1) is 20.5. The van der Waals surface area contributed by atoms with Gasteiger partial charge in [-0.3, -0.25) is 9.59 Å². The van der Waals surface area contributed by atoms with Crippen LogP contribution < -0.4 is 19.5 Å². The average molecular weight is 400 g/mol. The Balaban J connectivity index is 1.75. The monoisotopic (exact) mass is 400 g/mol. The number of nitrogens with zero attached hydrogens (tertiary/aromatic N) is 1. The Morgan fingerprint density at radius 1 is 1.07 bits per heavy atom. The van der Waals surface area contributed by atoms with Crippen LogP contribution in [-0.2, 0) is 20.9 Å². The van der Waals surface area contributed by atoms with E-state index in [-0.39, 0.29) is 25.0 Å². The molecule has 29 heavy (non-hydrogen) atoms. The van der Waals surface area contributed by atoms with Crippen LogP contribution in [0.25, 0.3) is 0 Å². The van der Waals surface area contributed by atoms with Gasteiger partial charge in [-0.15, -0.1) is 0 Å². The van der Waals surface area contributed by atoms with Crippen molar-refractivity contribution in [2.24, 2.45) is 0 Å². The second-order valence-corrected chi connectivity index (χ2v) is 6.46. The summed E-state index contributed by atoms with van der Waals surface area (Å²) in [5.41, 5.74) is 1.43. The van der Waals surface area contributed by atoms with Crippen molar-refractivity contribution < 1.29 is 28.5 Å². The van der Waals surface area contributed by atoms with Gasteiger partial charge >= 0.3 is 0 Å². The highest BCUT2D eigenvalue weighted by Crippen LogP contribution is 2.30. The maximum Gasteiger partial charge on any atom is 0.249 e. The fourth-order valence-electron chi connectivity index (χ4n) is 3.09. The molecule has 1 saturated heterocycles. The largest absolute Gasteiger partial charge is 0.497 e. The minimum atomic E-state index is -0.744. The van der Waals surface area contributed by atoms with Gasteiger partial charge < -0.3 is 29.2 Å². The van der Waals surface area contributed by atoms with Crippen LogP contribution in [0.4, 0.5) is 5.69 Å². The third-order valence-electron chi connectivity index (χ3n) is 4.66. The van der Waals surface area contributed by atoms with Gasteiger partial charge in [0.25, 0.3) is 0 Å². The molecule has 2 aromatic rings. The number of carbonyl (C=O) groups excluding carboxylic acids is 2. The van der Waals surface area contributed by atoms with Crippen LogP contribution in [0.5, 0.6) is 17.2 Å². The predicted octanol–water partition coefficient (Wildman–Crippen LogP) is 2.08. The highest BCUT2D eigenvalue weighted by atomic mass is 16.5. The van der Waals surface area contributed by atoms with Crippen molar-refractivity contribution in [2.45, 2.75) is 12.6 Å². The topological polar surface area (TPSA) is 86.3 Å². The highest BCUT2D eigenvalue weighted by molar-refractivity contribution is 5.98. The number of anilines is 1. The Morgan fingerprint density at radius 3 is 2.45 bits per heavy atom. The average Bonchev–Trinajstić information content (AvgIpc) is 2.75.